The van der Waals surface area contributed by atoms with Crippen molar-refractivity contribution >= 4 is 34.6 Å². The third-order valence-electron chi connectivity index (χ3n) is 4.17. The Balaban J connectivity index is 1.89. The van der Waals surface area contributed by atoms with Crippen molar-refractivity contribution in [3.63, 3.8) is 0 Å². The van der Waals surface area contributed by atoms with Crippen LogP contribution in [0.3, 0.4) is 0 Å². The van der Waals surface area contributed by atoms with Crippen LogP contribution in [0.15, 0.2) is 54.4 Å². The van der Waals surface area contributed by atoms with Gasteiger partial charge in [0, 0.05) is 22.5 Å². The van der Waals surface area contributed by atoms with Gasteiger partial charge in [0.1, 0.15) is 5.82 Å². The molecule has 148 valence electrons. The number of carbonyl (C=O) groups excluding carboxylic acids is 2. The quantitative estimate of drug-likeness (QED) is 0.252. The van der Waals surface area contributed by atoms with Crippen molar-refractivity contribution in [1.82, 2.24) is 9.97 Å². The normalized spacial score (nSPS) is 10.4. The van der Waals surface area contributed by atoms with Crippen LogP contribution >= 0.6 is 11.3 Å². The van der Waals surface area contributed by atoms with Gasteiger partial charge in [-0.25, -0.2) is 14.8 Å². The number of carbonyl (C=O) groups is 2. The Bertz CT molecular complexity index is 1030. The number of aryl methyl sites for hydroxylation is 1. The van der Waals surface area contributed by atoms with E-state index in [4.69, 9.17) is 9.72 Å². The van der Waals surface area contributed by atoms with Crippen LogP contribution in [0.2, 0.25) is 0 Å². The maximum absolute atomic E-state index is 12.0. The largest absolute Gasteiger partial charge is 0.460 e. The van der Waals surface area contributed by atoms with E-state index in [1.165, 1.54) is 0 Å². The van der Waals surface area contributed by atoms with Crippen molar-refractivity contribution in [3.05, 3.63) is 71.3 Å². The molecule has 0 aliphatic carbocycles. The van der Waals surface area contributed by atoms with Crippen LogP contribution in [-0.2, 0) is 16.0 Å². The molecule has 0 fully saturated rings. The summed E-state index contributed by atoms with van der Waals surface area (Å²) in [4.78, 5) is 34.0. The van der Waals surface area contributed by atoms with E-state index in [9.17, 15) is 9.59 Å². The van der Waals surface area contributed by atoms with Crippen LogP contribution in [0, 0.1) is 6.92 Å². The van der Waals surface area contributed by atoms with Crippen molar-refractivity contribution < 1.29 is 14.3 Å². The molecule has 29 heavy (non-hydrogen) atoms. The molecule has 0 aliphatic rings. The van der Waals surface area contributed by atoms with Gasteiger partial charge < -0.3 is 10.1 Å². The predicted molar refractivity (Wildman–Crippen MR) is 115 cm³/mol. The van der Waals surface area contributed by atoms with Gasteiger partial charge in [-0.2, -0.15) is 0 Å². The van der Waals surface area contributed by atoms with Crippen LogP contribution in [0.4, 0.5) is 11.5 Å². The standard InChI is InChI=1S/C22H21N3O3S/c1-4-7-17-14(3)23-21(18-8-6-13-29-18)25-20(17)24-16-11-9-15(10-12-16)19(26)22(27)28-5-2/h4,6,8-13H,1,5,7H2,2-3H3,(H,23,24,25). The van der Waals surface area contributed by atoms with Gasteiger partial charge in [-0.15, -0.1) is 17.9 Å². The van der Waals surface area contributed by atoms with Gasteiger partial charge in [0.25, 0.3) is 5.78 Å². The molecule has 0 bridgehead atoms. The lowest BCUT2D eigenvalue weighted by Crippen LogP contribution is -2.17. The average molecular weight is 407 g/mol. The second-order valence-electron chi connectivity index (χ2n) is 6.18. The highest BCUT2D eigenvalue weighted by Gasteiger charge is 2.17. The minimum atomic E-state index is -0.853. The summed E-state index contributed by atoms with van der Waals surface area (Å²) in [5.74, 6) is -0.177. The number of nitrogens with zero attached hydrogens (tertiary/aromatic N) is 2. The van der Waals surface area contributed by atoms with Gasteiger partial charge in [-0.1, -0.05) is 12.1 Å². The molecule has 1 aromatic carbocycles. The summed E-state index contributed by atoms with van der Waals surface area (Å²) in [7, 11) is 0. The number of thiophene rings is 1. The van der Waals surface area contributed by atoms with E-state index in [0.29, 0.717) is 18.1 Å². The Labute approximate surface area is 173 Å². The summed E-state index contributed by atoms with van der Waals surface area (Å²) in [6, 6.07) is 10.6. The number of ether oxygens (including phenoxy) is 1. The first kappa shape index (κ1) is 20.4. The Morgan fingerprint density at radius 1 is 1.21 bits per heavy atom. The summed E-state index contributed by atoms with van der Waals surface area (Å²) in [6.45, 7) is 7.59. The molecule has 0 aliphatic heterocycles. The third-order valence-corrected chi connectivity index (χ3v) is 5.04. The summed E-state index contributed by atoms with van der Waals surface area (Å²) in [6.07, 6.45) is 2.43. The third kappa shape index (κ3) is 4.75. The highest BCUT2D eigenvalue weighted by Crippen LogP contribution is 2.28. The molecule has 0 radical (unpaired) electrons. The maximum atomic E-state index is 12.0. The number of anilines is 2. The first-order chi connectivity index (χ1) is 14.0. The van der Waals surface area contributed by atoms with Crippen molar-refractivity contribution in [3.8, 4) is 10.7 Å². The number of Topliss-reactive ketones (excluding diaryl/α,β-unsaturated/α-hetero) is 1. The first-order valence-electron chi connectivity index (χ1n) is 9.14. The first-order valence-corrected chi connectivity index (χ1v) is 10.0. The van der Waals surface area contributed by atoms with Gasteiger partial charge in [0.15, 0.2) is 5.82 Å². The van der Waals surface area contributed by atoms with Crippen LogP contribution in [-0.4, -0.2) is 28.3 Å². The van der Waals surface area contributed by atoms with Gasteiger partial charge in [0.2, 0.25) is 0 Å². The second kappa shape index (κ2) is 9.25. The monoisotopic (exact) mass is 407 g/mol. The molecule has 6 nitrogen and oxygen atoms in total. The minimum absolute atomic E-state index is 0.163. The molecule has 0 saturated heterocycles. The number of benzene rings is 1. The number of ketones is 1. The van der Waals surface area contributed by atoms with Crippen molar-refractivity contribution in [2.24, 2.45) is 0 Å². The molecule has 0 atom stereocenters. The lowest BCUT2D eigenvalue weighted by Gasteiger charge is -2.14. The van der Waals surface area contributed by atoms with Gasteiger partial charge in [-0.3, -0.25) is 4.79 Å². The minimum Gasteiger partial charge on any atom is -0.460 e. The van der Waals surface area contributed by atoms with Gasteiger partial charge >= 0.3 is 5.97 Å². The van der Waals surface area contributed by atoms with E-state index in [0.717, 1.165) is 21.8 Å². The Hall–Kier alpha value is -3.32. The van der Waals surface area contributed by atoms with E-state index in [1.807, 2.05) is 30.5 Å². The molecule has 3 aromatic rings. The highest BCUT2D eigenvalue weighted by atomic mass is 32.1. The molecule has 2 aromatic heterocycles. The van der Waals surface area contributed by atoms with E-state index in [-0.39, 0.29) is 12.2 Å². The Morgan fingerprint density at radius 3 is 2.59 bits per heavy atom. The number of aromatic nitrogens is 2. The molecular weight excluding hydrogens is 386 g/mol. The van der Waals surface area contributed by atoms with Gasteiger partial charge in [0.05, 0.1) is 11.5 Å². The Morgan fingerprint density at radius 2 is 1.97 bits per heavy atom. The van der Waals surface area contributed by atoms with Crippen LogP contribution in [0.25, 0.3) is 10.7 Å². The summed E-state index contributed by atoms with van der Waals surface area (Å²) < 4.78 is 4.76. The number of nitrogens with one attached hydrogen (secondary N) is 1. The molecule has 0 saturated carbocycles. The predicted octanol–water partition coefficient (Wildman–Crippen LogP) is 4.73. The lowest BCUT2D eigenvalue weighted by atomic mass is 10.1. The van der Waals surface area contributed by atoms with Crippen LogP contribution < -0.4 is 5.32 Å². The number of hydrogen-bond acceptors (Lipinski definition) is 7. The molecule has 0 spiro atoms. The fourth-order valence-electron chi connectivity index (χ4n) is 2.76. The zero-order valence-corrected chi connectivity index (χ0v) is 17.1. The molecule has 0 amide bonds. The maximum Gasteiger partial charge on any atom is 0.379 e. The number of allylic oxidation sites excluding steroid dienone is 1. The fourth-order valence-corrected chi connectivity index (χ4v) is 3.42. The second-order valence-corrected chi connectivity index (χ2v) is 7.13. The van der Waals surface area contributed by atoms with E-state index in [1.54, 1.807) is 42.5 Å². The smallest absolute Gasteiger partial charge is 0.379 e. The Kier molecular flexibility index (Phi) is 6.51. The molecule has 0 unspecified atom stereocenters. The molecular formula is C22H21N3O3S. The van der Waals surface area contributed by atoms with E-state index >= 15 is 0 Å². The summed E-state index contributed by atoms with van der Waals surface area (Å²) >= 11 is 1.58. The zero-order chi connectivity index (χ0) is 20.8. The highest BCUT2D eigenvalue weighted by molar-refractivity contribution is 7.13. The van der Waals surface area contributed by atoms with E-state index < -0.39 is 11.8 Å². The van der Waals surface area contributed by atoms with E-state index in [2.05, 4.69) is 16.9 Å². The lowest BCUT2D eigenvalue weighted by molar-refractivity contribution is -0.137. The molecule has 2 heterocycles. The average Bonchev–Trinajstić information content (AvgIpc) is 3.25. The molecule has 1 N–H and O–H groups in total. The van der Waals surface area contributed by atoms with Crippen LogP contribution in [0.1, 0.15) is 28.5 Å². The fraction of sp³-hybridized carbons (Fsp3) is 0.182. The number of esters is 1. The van der Waals surface area contributed by atoms with Crippen molar-refractivity contribution in [2.45, 2.75) is 20.3 Å². The number of hydrogen-bond donors (Lipinski definition) is 1. The van der Waals surface area contributed by atoms with Crippen molar-refractivity contribution in [2.75, 3.05) is 11.9 Å². The summed E-state index contributed by atoms with van der Waals surface area (Å²) in [5, 5.41) is 5.28. The van der Waals surface area contributed by atoms with Crippen LogP contribution in [0.5, 0.6) is 0 Å². The van der Waals surface area contributed by atoms with Crippen molar-refractivity contribution in [1.29, 1.82) is 0 Å². The topological polar surface area (TPSA) is 81.2 Å². The SMILES string of the molecule is C=CCc1c(C)nc(-c2cccs2)nc1Nc1ccc(C(=O)C(=O)OCC)cc1. The molecule has 3 rings (SSSR count). The number of rotatable bonds is 8. The summed E-state index contributed by atoms with van der Waals surface area (Å²) in [5.41, 5.74) is 2.84. The van der Waals surface area contributed by atoms with Gasteiger partial charge in [-0.05, 0) is 56.0 Å². The molecule has 7 heteroatoms. The zero-order valence-electron chi connectivity index (χ0n) is 16.3.